The van der Waals surface area contributed by atoms with E-state index in [0.29, 0.717) is 18.2 Å². The smallest absolute Gasteiger partial charge is 0.313 e. The Hall–Kier alpha value is -2.34. The van der Waals surface area contributed by atoms with Crippen molar-refractivity contribution in [1.29, 1.82) is 0 Å². The molecule has 1 aliphatic rings. The van der Waals surface area contributed by atoms with Crippen LogP contribution in [-0.2, 0) is 17.4 Å². The molecule has 0 unspecified atom stereocenters. The number of likely N-dealkylation sites (tertiary alicyclic amines) is 1. The maximum Gasteiger partial charge on any atom is 0.416 e. The maximum atomic E-state index is 13.0. The van der Waals surface area contributed by atoms with Crippen LogP contribution in [0.4, 0.5) is 18.9 Å². The van der Waals surface area contributed by atoms with Crippen LogP contribution >= 0.6 is 0 Å². The van der Waals surface area contributed by atoms with Gasteiger partial charge in [-0.05, 0) is 68.5 Å². The summed E-state index contributed by atoms with van der Waals surface area (Å²) in [5.74, 6) is 0.264. The molecule has 0 aliphatic carbocycles. The lowest BCUT2D eigenvalue weighted by atomic mass is 9.93. The number of carbonyl (C=O) groups is 1. The topological polar surface area (TPSA) is 23.6 Å². The molecule has 0 saturated carbocycles. The molecule has 2 aromatic carbocycles. The molecule has 0 bridgehead atoms. The molecule has 1 fully saturated rings. The van der Waals surface area contributed by atoms with Gasteiger partial charge in [0.25, 0.3) is 0 Å². The third-order valence-corrected chi connectivity index (χ3v) is 5.89. The highest BCUT2D eigenvalue weighted by Gasteiger charge is 2.31. The predicted octanol–water partition coefficient (Wildman–Crippen LogP) is 5.40. The largest absolute Gasteiger partial charge is 0.416 e. The van der Waals surface area contributed by atoms with E-state index < -0.39 is 11.7 Å². The molecule has 0 atom stereocenters. The molecule has 1 saturated heterocycles. The number of amides is 1. The second-order valence-electron chi connectivity index (χ2n) is 8.03. The summed E-state index contributed by atoms with van der Waals surface area (Å²) in [4.78, 5) is 16.0. The molecule has 30 heavy (non-hydrogen) atoms. The summed E-state index contributed by atoms with van der Waals surface area (Å²) < 4.78 is 39.0. The van der Waals surface area contributed by atoms with Crippen molar-refractivity contribution in [3.63, 3.8) is 0 Å². The fourth-order valence-corrected chi connectivity index (χ4v) is 4.06. The van der Waals surface area contributed by atoms with E-state index in [1.807, 2.05) is 6.07 Å². The van der Waals surface area contributed by atoms with E-state index in [9.17, 15) is 18.0 Å². The van der Waals surface area contributed by atoms with Crippen LogP contribution in [0.2, 0.25) is 0 Å². The molecule has 0 N–H and O–H groups in total. The lowest BCUT2D eigenvalue weighted by molar-refractivity contribution is -0.137. The lowest BCUT2D eigenvalue weighted by Crippen LogP contribution is -2.37. The van der Waals surface area contributed by atoms with E-state index >= 15 is 0 Å². The van der Waals surface area contributed by atoms with E-state index in [1.165, 1.54) is 23.5 Å². The normalized spacial score (nSPS) is 15.9. The van der Waals surface area contributed by atoms with Crippen LogP contribution < -0.4 is 4.90 Å². The Morgan fingerprint density at radius 3 is 2.40 bits per heavy atom. The first kappa shape index (κ1) is 22.3. The SMILES string of the molecule is CC(=O)N(CCC1CCN(CCc2ccccc2)CC1)c1cccc(C(F)(F)F)c1. The minimum absolute atomic E-state index is 0.227. The van der Waals surface area contributed by atoms with E-state index in [-0.39, 0.29) is 5.91 Å². The molecule has 3 nitrogen and oxygen atoms in total. The number of nitrogens with zero attached hydrogens (tertiary/aromatic N) is 2. The maximum absolute atomic E-state index is 13.0. The van der Waals surface area contributed by atoms with Gasteiger partial charge in [-0.15, -0.1) is 0 Å². The summed E-state index contributed by atoms with van der Waals surface area (Å²) in [7, 11) is 0. The van der Waals surface area contributed by atoms with Crippen molar-refractivity contribution in [2.45, 2.75) is 38.8 Å². The Morgan fingerprint density at radius 1 is 1.07 bits per heavy atom. The number of hydrogen-bond acceptors (Lipinski definition) is 2. The van der Waals surface area contributed by atoms with Gasteiger partial charge < -0.3 is 9.80 Å². The van der Waals surface area contributed by atoms with Crippen molar-refractivity contribution in [2.75, 3.05) is 31.1 Å². The number of anilines is 1. The fourth-order valence-electron chi connectivity index (χ4n) is 4.06. The summed E-state index contributed by atoms with van der Waals surface area (Å²) in [5, 5.41) is 0. The zero-order valence-corrected chi connectivity index (χ0v) is 17.4. The van der Waals surface area contributed by atoms with Crippen molar-refractivity contribution in [3.05, 3.63) is 65.7 Å². The minimum atomic E-state index is -4.41. The van der Waals surface area contributed by atoms with Crippen LogP contribution in [0.5, 0.6) is 0 Å². The summed E-state index contributed by atoms with van der Waals surface area (Å²) in [6, 6.07) is 15.5. The van der Waals surface area contributed by atoms with Gasteiger partial charge in [0.05, 0.1) is 5.56 Å². The summed E-state index contributed by atoms with van der Waals surface area (Å²) in [5.41, 5.74) is 0.938. The highest BCUT2D eigenvalue weighted by atomic mass is 19.4. The second kappa shape index (κ2) is 10.1. The van der Waals surface area contributed by atoms with Gasteiger partial charge >= 0.3 is 6.18 Å². The Labute approximate surface area is 176 Å². The Kier molecular flexibility index (Phi) is 7.53. The van der Waals surface area contributed by atoms with Crippen LogP contribution in [0.25, 0.3) is 0 Å². The third kappa shape index (κ3) is 6.33. The van der Waals surface area contributed by atoms with Gasteiger partial charge in [0.2, 0.25) is 5.91 Å². The molecule has 1 aliphatic heterocycles. The standard InChI is InChI=1S/C24H29F3N2O/c1-19(30)29(23-9-5-8-22(18-23)24(25,26)27)17-13-21-11-15-28(16-12-21)14-10-20-6-3-2-4-7-20/h2-9,18,21H,10-17H2,1H3. The van der Waals surface area contributed by atoms with Crippen LogP contribution in [0, 0.1) is 5.92 Å². The van der Waals surface area contributed by atoms with E-state index in [1.54, 1.807) is 6.07 Å². The molecule has 3 rings (SSSR count). The lowest BCUT2D eigenvalue weighted by Gasteiger charge is -2.33. The zero-order valence-electron chi connectivity index (χ0n) is 17.4. The van der Waals surface area contributed by atoms with Gasteiger partial charge in [0, 0.05) is 25.7 Å². The third-order valence-electron chi connectivity index (χ3n) is 5.89. The highest BCUT2D eigenvalue weighted by molar-refractivity contribution is 5.91. The Morgan fingerprint density at radius 2 is 1.77 bits per heavy atom. The average molecular weight is 419 g/mol. The minimum Gasteiger partial charge on any atom is -0.313 e. The number of halogens is 3. The Balaban J connectivity index is 1.49. The molecule has 0 aromatic heterocycles. The number of benzene rings is 2. The molecule has 1 heterocycles. The first-order valence-corrected chi connectivity index (χ1v) is 10.5. The van der Waals surface area contributed by atoms with Gasteiger partial charge in [-0.1, -0.05) is 36.4 Å². The number of alkyl halides is 3. The molecule has 6 heteroatoms. The molecule has 0 radical (unpaired) electrons. The number of carbonyl (C=O) groups excluding carboxylic acids is 1. The first-order chi connectivity index (χ1) is 14.3. The van der Waals surface area contributed by atoms with Gasteiger partial charge in [-0.25, -0.2) is 0 Å². The number of piperidine rings is 1. The second-order valence-corrected chi connectivity index (χ2v) is 8.03. The van der Waals surface area contributed by atoms with Crippen molar-refractivity contribution >= 4 is 11.6 Å². The van der Waals surface area contributed by atoms with Crippen molar-refractivity contribution in [1.82, 2.24) is 4.90 Å². The quantitative estimate of drug-likeness (QED) is 0.601. The van der Waals surface area contributed by atoms with E-state index in [0.717, 1.165) is 57.5 Å². The molecular formula is C24H29F3N2O. The monoisotopic (exact) mass is 418 g/mol. The van der Waals surface area contributed by atoms with Crippen molar-refractivity contribution < 1.29 is 18.0 Å². The molecule has 1 amide bonds. The predicted molar refractivity (Wildman–Crippen MR) is 113 cm³/mol. The molecule has 162 valence electrons. The van der Waals surface area contributed by atoms with Gasteiger partial charge in [-0.2, -0.15) is 13.2 Å². The molecule has 0 spiro atoms. The van der Waals surface area contributed by atoms with Crippen LogP contribution in [-0.4, -0.2) is 37.0 Å². The highest BCUT2D eigenvalue weighted by Crippen LogP contribution is 2.32. The van der Waals surface area contributed by atoms with Crippen LogP contribution in [0.3, 0.4) is 0 Å². The zero-order chi connectivity index (χ0) is 21.6. The molecular weight excluding hydrogens is 389 g/mol. The van der Waals surface area contributed by atoms with E-state index in [4.69, 9.17) is 0 Å². The number of rotatable bonds is 7. The number of hydrogen-bond donors (Lipinski definition) is 0. The molecule has 2 aromatic rings. The average Bonchev–Trinajstić information content (AvgIpc) is 2.73. The van der Waals surface area contributed by atoms with Crippen molar-refractivity contribution in [2.24, 2.45) is 5.92 Å². The van der Waals surface area contributed by atoms with Gasteiger partial charge in [-0.3, -0.25) is 4.79 Å². The summed E-state index contributed by atoms with van der Waals surface area (Å²) in [6.45, 7) is 4.96. The van der Waals surface area contributed by atoms with Crippen LogP contribution in [0.1, 0.15) is 37.3 Å². The Bertz CT molecular complexity index is 815. The fraction of sp³-hybridized carbons (Fsp3) is 0.458. The van der Waals surface area contributed by atoms with Gasteiger partial charge in [0.15, 0.2) is 0 Å². The summed E-state index contributed by atoms with van der Waals surface area (Å²) in [6.07, 6.45) is -0.446. The van der Waals surface area contributed by atoms with E-state index in [2.05, 4.69) is 29.2 Å². The first-order valence-electron chi connectivity index (χ1n) is 10.5. The van der Waals surface area contributed by atoms with Crippen LogP contribution in [0.15, 0.2) is 54.6 Å². The summed E-state index contributed by atoms with van der Waals surface area (Å²) >= 11 is 0. The van der Waals surface area contributed by atoms with Crippen molar-refractivity contribution in [3.8, 4) is 0 Å². The van der Waals surface area contributed by atoms with Gasteiger partial charge in [0.1, 0.15) is 0 Å².